The number of halogens is 2. The Kier molecular flexibility index (Phi) is 13.3. The molecule has 16 nitrogen and oxygen atoms in total. The van der Waals surface area contributed by atoms with Crippen LogP contribution in [0, 0.1) is 23.0 Å². The second-order valence-electron chi connectivity index (χ2n) is 20.4. The van der Waals surface area contributed by atoms with E-state index in [1.165, 1.54) is 30.3 Å². The number of hydrogen-bond acceptors (Lipinski definition) is 12. The van der Waals surface area contributed by atoms with Gasteiger partial charge in [-0.05, 0) is 149 Å². The molecular formula is C56H59F2N9O7. The van der Waals surface area contributed by atoms with Gasteiger partial charge < -0.3 is 40.1 Å². The van der Waals surface area contributed by atoms with Crippen LogP contribution in [0.15, 0.2) is 97.3 Å². The van der Waals surface area contributed by atoms with E-state index in [1.54, 1.807) is 37.6 Å². The van der Waals surface area contributed by atoms with E-state index in [2.05, 4.69) is 43.3 Å². The molecular weight excluding hydrogens is 949 g/mol. The van der Waals surface area contributed by atoms with Gasteiger partial charge in [-0.2, -0.15) is 0 Å². The summed E-state index contributed by atoms with van der Waals surface area (Å²) in [5.74, 6) is -0.943. The minimum Gasteiger partial charge on any atom is -0.495 e. The van der Waals surface area contributed by atoms with Gasteiger partial charge in [0.2, 0.25) is 17.7 Å². The summed E-state index contributed by atoms with van der Waals surface area (Å²) in [4.78, 5) is 80.8. The summed E-state index contributed by atoms with van der Waals surface area (Å²) in [7, 11) is 1.68. The molecule has 1 unspecified atom stereocenters. The molecule has 0 spiro atoms. The van der Waals surface area contributed by atoms with Crippen molar-refractivity contribution in [3.05, 3.63) is 120 Å². The Morgan fingerprint density at radius 2 is 1.38 bits per heavy atom. The van der Waals surface area contributed by atoms with Crippen LogP contribution in [-0.2, 0) is 14.4 Å². The lowest BCUT2D eigenvalue weighted by Crippen LogP contribution is -2.53. The molecule has 0 bridgehead atoms. The number of fused-ring (bicyclic) bond motifs is 2. The van der Waals surface area contributed by atoms with Crippen molar-refractivity contribution in [2.24, 2.45) is 11.3 Å². The number of amides is 5. The Balaban J connectivity index is 0.639. The molecule has 4 aromatic carbocycles. The van der Waals surface area contributed by atoms with Gasteiger partial charge in [0.05, 0.1) is 35.1 Å². The number of aromatic nitrogens is 1. The van der Waals surface area contributed by atoms with Crippen molar-refractivity contribution in [2.75, 3.05) is 86.4 Å². The molecule has 384 valence electrons. The number of piperazine rings is 1. The largest absolute Gasteiger partial charge is 0.495 e. The lowest BCUT2D eigenvalue weighted by atomic mass is 9.94. The molecule has 5 aliphatic heterocycles. The highest BCUT2D eigenvalue weighted by atomic mass is 19.1. The van der Waals surface area contributed by atoms with Gasteiger partial charge in [-0.1, -0.05) is 6.58 Å². The first-order chi connectivity index (χ1) is 35.8. The number of carbonyl (C=O) groups is 5. The number of anilines is 4. The smallest absolute Gasteiger partial charge is 0.262 e. The summed E-state index contributed by atoms with van der Waals surface area (Å²) < 4.78 is 41.3. The highest BCUT2D eigenvalue weighted by Gasteiger charge is 2.56. The van der Waals surface area contributed by atoms with Gasteiger partial charge in [-0.15, -0.1) is 0 Å². The van der Waals surface area contributed by atoms with Gasteiger partial charge >= 0.3 is 0 Å². The predicted molar refractivity (Wildman–Crippen MR) is 276 cm³/mol. The standard InChI is InChI=1S/C56H59F2N9O7/c1-34-3-12-46(51(68)60-34)67-52(69)41-29-44(58)47(30-42(41)53(67)70)66-27-25-64(26-28-66)39-16-21-63(22-17-39)33-35-14-23-65(24-15-35)48-32-45-43(31-50(48)73-2)49(13-20-59-45)74-40-10-8-38(9-11-40)62-55(72)56(18-19-56)54(71)61-37-6-4-36(57)5-7-37/h4-11,13,20,29-32,35,39,46H,1,3,12,14-19,21-28,33H2,2H3,(H,60,68)(H,61,71)(H,62,72). The first kappa shape index (κ1) is 48.8. The minimum atomic E-state index is -1.18. The van der Waals surface area contributed by atoms with Crippen LogP contribution in [0.5, 0.6) is 17.2 Å². The summed E-state index contributed by atoms with van der Waals surface area (Å²) >= 11 is 0. The lowest BCUT2D eigenvalue weighted by Gasteiger charge is -2.44. The van der Waals surface area contributed by atoms with Gasteiger partial charge in [-0.25, -0.2) is 8.78 Å². The van der Waals surface area contributed by atoms with Crippen LogP contribution in [0.4, 0.5) is 31.5 Å². The van der Waals surface area contributed by atoms with Gasteiger partial charge in [0.1, 0.15) is 40.3 Å². The van der Waals surface area contributed by atoms with Crippen molar-refractivity contribution in [3.63, 3.8) is 0 Å². The van der Waals surface area contributed by atoms with Gasteiger partial charge in [0.15, 0.2) is 0 Å². The average Bonchev–Trinajstić information content (AvgIpc) is 4.20. The van der Waals surface area contributed by atoms with E-state index in [9.17, 15) is 28.4 Å². The molecule has 1 atom stereocenters. The number of nitrogens with one attached hydrogen (secondary N) is 3. The van der Waals surface area contributed by atoms with Crippen molar-refractivity contribution < 1.29 is 42.2 Å². The number of allylic oxidation sites excluding steroid dienone is 1. The van der Waals surface area contributed by atoms with E-state index < -0.39 is 52.6 Å². The summed E-state index contributed by atoms with van der Waals surface area (Å²) in [6.45, 7) is 11.5. The number of ether oxygens (including phenoxy) is 2. The van der Waals surface area contributed by atoms with Crippen LogP contribution in [-0.4, -0.2) is 127 Å². The number of hydrogen-bond donors (Lipinski definition) is 3. The number of benzene rings is 4. The first-order valence-electron chi connectivity index (χ1n) is 25.6. The van der Waals surface area contributed by atoms with Crippen LogP contribution in [0.1, 0.15) is 72.1 Å². The van der Waals surface area contributed by atoms with Crippen LogP contribution >= 0.6 is 0 Å². The molecule has 3 N–H and O–H groups in total. The highest BCUT2D eigenvalue weighted by molar-refractivity contribution is 6.23. The molecule has 4 saturated heterocycles. The maximum atomic E-state index is 15.6. The highest BCUT2D eigenvalue weighted by Crippen LogP contribution is 2.48. The third-order valence-corrected chi connectivity index (χ3v) is 15.9. The molecule has 5 aromatic rings. The normalized spacial score (nSPS) is 20.6. The fourth-order valence-electron chi connectivity index (χ4n) is 11.4. The zero-order valence-electron chi connectivity index (χ0n) is 41.3. The van der Waals surface area contributed by atoms with Crippen LogP contribution in [0.25, 0.3) is 10.9 Å². The lowest BCUT2D eigenvalue weighted by molar-refractivity contribution is -0.131. The molecule has 18 heteroatoms. The van der Waals surface area contributed by atoms with E-state index in [-0.39, 0.29) is 17.5 Å². The number of carbonyl (C=O) groups excluding carboxylic acids is 5. The Morgan fingerprint density at radius 1 is 0.743 bits per heavy atom. The number of piperidine rings is 3. The van der Waals surface area contributed by atoms with E-state index in [0.717, 1.165) is 105 Å². The second kappa shape index (κ2) is 20.1. The summed E-state index contributed by atoms with van der Waals surface area (Å²) in [6.07, 6.45) is 7.57. The van der Waals surface area contributed by atoms with Crippen molar-refractivity contribution in [3.8, 4) is 17.2 Å². The van der Waals surface area contributed by atoms with Gasteiger partial charge in [0, 0.05) is 80.5 Å². The van der Waals surface area contributed by atoms with Crippen LogP contribution in [0.2, 0.25) is 0 Å². The van der Waals surface area contributed by atoms with Crippen LogP contribution < -0.4 is 35.2 Å². The topological polar surface area (TPSA) is 169 Å². The second-order valence-corrected chi connectivity index (χ2v) is 20.4. The molecule has 1 aromatic heterocycles. The Labute approximate surface area is 427 Å². The van der Waals surface area contributed by atoms with Crippen LogP contribution in [0.3, 0.4) is 0 Å². The average molecular weight is 1010 g/mol. The number of pyridine rings is 1. The van der Waals surface area contributed by atoms with E-state index >= 15 is 4.39 Å². The number of likely N-dealkylation sites (tertiary alicyclic amines) is 1. The zero-order chi connectivity index (χ0) is 51.3. The first-order valence-corrected chi connectivity index (χ1v) is 25.6. The molecule has 6 heterocycles. The maximum Gasteiger partial charge on any atom is 0.262 e. The Morgan fingerprint density at radius 3 is 2.01 bits per heavy atom. The third-order valence-electron chi connectivity index (χ3n) is 15.9. The molecule has 6 aliphatic rings. The number of imide groups is 1. The van der Waals surface area contributed by atoms with E-state index in [4.69, 9.17) is 14.5 Å². The molecule has 5 fully saturated rings. The molecule has 0 radical (unpaired) electrons. The van der Waals surface area contributed by atoms with Crippen molar-refractivity contribution in [2.45, 2.75) is 63.5 Å². The maximum absolute atomic E-state index is 15.6. The number of methoxy groups -OCH3 is 1. The SMILES string of the molecule is C=C1CCC(N2C(=O)c3cc(F)c(N4CCN(C5CCN(CC6CCN(c7cc8nccc(Oc9ccc(NC(=O)C%10(C(=O)Nc%11ccc(F)cc%11)CC%10)cc9)c8cc7OC)CC6)CC5)CC4)cc3C2=O)C(=O)N1. The fourth-order valence-corrected chi connectivity index (χ4v) is 11.4. The van der Waals surface area contributed by atoms with E-state index in [0.29, 0.717) is 78.6 Å². The Hall–Kier alpha value is -7.44. The molecule has 1 aliphatic carbocycles. The Bertz CT molecular complexity index is 3040. The fraction of sp³-hybridized carbons (Fsp3) is 0.393. The summed E-state index contributed by atoms with van der Waals surface area (Å²) in [5, 5.41) is 9.03. The minimum absolute atomic E-state index is 0.00232. The van der Waals surface area contributed by atoms with Gasteiger partial charge in [0.25, 0.3) is 11.8 Å². The molecule has 11 rings (SSSR count). The summed E-state index contributed by atoms with van der Waals surface area (Å²) in [6, 6.07) is 20.4. The summed E-state index contributed by atoms with van der Waals surface area (Å²) in [5.41, 5.74) is 2.55. The molecule has 5 amide bonds. The van der Waals surface area contributed by atoms with Crippen molar-refractivity contribution >= 4 is 63.2 Å². The van der Waals surface area contributed by atoms with E-state index in [1.807, 2.05) is 17.0 Å². The molecule has 1 saturated carbocycles. The zero-order valence-corrected chi connectivity index (χ0v) is 41.3. The molecule has 74 heavy (non-hydrogen) atoms. The predicted octanol–water partition coefficient (Wildman–Crippen LogP) is 7.56. The third kappa shape index (κ3) is 9.63. The van der Waals surface area contributed by atoms with Gasteiger partial charge in [-0.3, -0.25) is 38.8 Å². The quantitative estimate of drug-likeness (QED) is 0.0784. The monoisotopic (exact) mass is 1010 g/mol. The van der Waals surface area contributed by atoms with Crippen molar-refractivity contribution in [1.29, 1.82) is 0 Å². The number of nitrogens with zero attached hydrogens (tertiary/aromatic N) is 6. The van der Waals surface area contributed by atoms with Crippen molar-refractivity contribution in [1.82, 2.24) is 25.0 Å². The number of rotatable bonds is 13.